The van der Waals surface area contributed by atoms with Crippen molar-refractivity contribution in [3.63, 3.8) is 0 Å². The van der Waals surface area contributed by atoms with Crippen LogP contribution in [0, 0.1) is 0 Å². The highest BCUT2D eigenvalue weighted by Crippen LogP contribution is 2.56. The molecule has 3 heterocycles. The summed E-state index contributed by atoms with van der Waals surface area (Å²) in [5.41, 5.74) is -4.08. The SMILES string of the molecule is COC(=O)[C@@H]1CCCN1P(=O)(OC[C@H]1O[C@@H](n2ccc(=O)[nH]c2=O)[C@](C)(F)[C@@H]1O)Oc1ccccc1. The van der Waals surface area contributed by atoms with Gasteiger partial charge in [0.1, 0.15) is 24.0 Å². The van der Waals surface area contributed by atoms with Crippen molar-refractivity contribution in [3.05, 3.63) is 63.4 Å². The van der Waals surface area contributed by atoms with Crippen molar-refractivity contribution in [2.45, 2.75) is 49.9 Å². The summed E-state index contributed by atoms with van der Waals surface area (Å²) < 4.78 is 53.5. The first kappa shape index (κ1) is 26.2. The van der Waals surface area contributed by atoms with Crippen LogP contribution in [0.2, 0.25) is 0 Å². The number of aliphatic hydroxyl groups is 1. The van der Waals surface area contributed by atoms with Crippen LogP contribution >= 0.6 is 7.75 Å². The van der Waals surface area contributed by atoms with Gasteiger partial charge in [0.15, 0.2) is 11.9 Å². The Balaban J connectivity index is 1.59. The molecule has 36 heavy (non-hydrogen) atoms. The third-order valence-corrected chi connectivity index (χ3v) is 8.22. The molecule has 0 saturated carbocycles. The molecule has 2 N–H and O–H groups in total. The number of aromatic nitrogens is 2. The zero-order valence-corrected chi connectivity index (χ0v) is 20.5. The Hall–Kier alpha value is -2.83. The number of H-pyrrole nitrogens is 1. The van der Waals surface area contributed by atoms with Crippen LogP contribution in [0.3, 0.4) is 0 Å². The molecule has 2 aliphatic rings. The molecule has 2 fully saturated rings. The average molecular weight is 527 g/mol. The summed E-state index contributed by atoms with van der Waals surface area (Å²) in [6, 6.07) is 8.28. The standard InChI is InChI=1S/C22H27FN3O9P/c1-22(23)18(28)16(34-20(22)25-12-10-17(27)24-21(25)30)13-33-36(31,35-14-7-4-3-5-8-14)26-11-6-9-15(26)19(29)32-2/h3-5,7-8,10,12,15-16,18,20,28H,6,9,11,13H2,1-2H3,(H,24,27,30)/t15-,16+,18+,20+,22+,36?/m0/s1. The minimum atomic E-state index is -4.24. The molecule has 2 aliphatic heterocycles. The Morgan fingerprint density at radius 3 is 2.69 bits per heavy atom. The third-order valence-electron chi connectivity index (χ3n) is 6.20. The fraction of sp³-hybridized carbons (Fsp3) is 0.500. The maximum absolute atomic E-state index is 15.5. The van der Waals surface area contributed by atoms with Crippen LogP contribution in [0.1, 0.15) is 26.0 Å². The van der Waals surface area contributed by atoms with E-state index in [1.807, 2.05) is 4.98 Å². The summed E-state index contributed by atoms with van der Waals surface area (Å²) in [4.78, 5) is 37.9. The molecule has 6 atom stereocenters. The second-order valence-corrected chi connectivity index (χ2v) is 10.5. The number of rotatable bonds is 8. The highest BCUT2D eigenvalue weighted by Gasteiger charge is 2.56. The lowest BCUT2D eigenvalue weighted by molar-refractivity contribution is -0.144. The highest BCUT2D eigenvalue weighted by atomic mass is 31.2. The zero-order chi connectivity index (χ0) is 26.1. The van der Waals surface area contributed by atoms with Gasteiger partial charge in [-0.3, -0.25) is 23.7 Å². The maximum atomic E-state index is 15.5. The van der Waals surface area contributed by atoms with Gasteiger partial charge in [-0.05, 0) is 31.9 Å². The molecule has 14 heteroatoms. The van der Waals surface area contributed by atoms with Crippen LogP contribution in [-0.2, 0) is 23.4 Å². The van der Waals surface area contributed by atoms with Crippen molar-refractivity contribution in [1.29, 1.82) is 0 Å². The molecule has 0 bridgehead atoms. The van der Waals surface area contributed by atoms with Crippen molar-refractivity contribution < 1.29 is 37.4 Å². The highest BCUT2D eigenvalue weighted by molar-refractivity contribution is 7.51. The summed E-state index contributed by atoms with van der Waals surface area (Å²) in [6.07, 6.45) is -2.82. The fourth-order valence-corrected chi connectivity index (χ4v) is 6.28. The van der Waals surface area contributed by atoms with Crippen LogP contribution < -0.4 is 15.8 Å². The van der Waals surface area contributed by atoms with E-state index in [2.05, 4.69) is 0 Å². The molecule has 0 radical (unpaired) electrons. The molecule has 4 rings (SSSR count). The number of nitrogens with one attached hydrogen (secondary N) is 1. The monoisotopic (exact) mass is 527 g/mol. The Kier molecular flexibility index (Phi) is 7.48. The van der Waals surface area contributed by atoms with Gasteiger partial charge in [0.2, 0.25) is 0 Å². The predicted molar refractivity (Wildman–Crippen MR) is 123 cm³/mol. The lowest BCUT2D eigenvalue weighted by Crippen LogP contribution is -2.44. The molecular formula is C22H27FN3O9P. The quantitative estimate of drug-likeness (QED) is 0.381. The van der Waals surface area contributed by atoms with Crippen LogP contribution in [0.15, 0.2) is 52.2 Å². The molecule has 196 valence electrons. The van der Waals surface area contributed by atoms with Crippen LogP contribution in [0.4, 0.5) is 4.39 Å². The van der Waals surface area contributed by atoms with E-state index < -0.39 is 61.7 Å². The number of aromatic amines is 1. The number of hydrogen-bond donors (Lipinski definition) is 2. The molecule has 0 amide bonds. The topological polar surface area (TPSA) is 149 Å². The third kappa shape index (κ3) is 5.02. The minimum Gasteiger partial charge on any atom is -0.468 e. The van der Waals surface area contributed by atoms with Gasteiger partial charge >= 0.3 is 19.4 Å². The molecule has 1 unspecified atom stereocenters. The van der Waals surface area contributed by atoms with Crippen LogP contribution in [0.5, 0.6) is 5.75 Å². The number of esters is 1. The van der Waals surface area contributed by atoms with E-state index in [0.29, 0.717) is 12.8 Å². The van der Waals surface area contributed by atoms with E-state index in [0.717, 1.165) is 23.8 Å². The van der Waals surface area contributed by atoms with Crippen molar-refractivity contribution >= 4 is 13.7 Å². The van der Waals surface area contributed by atoms with Crippen LogP contribution in [0.25, 0.3) is 0 Å². The van der Waals surface area contributed by atoms with Crippen molar-refractivity contribution in [1.82, 2.24) is 14.2 Å². The molecule has 12 nitrogen and oxygen atoms in total. The molecule has 0 aliphatic carbocycles. The number of alkyl halides is 1. The summed E-state index contributed by atoms with van der Waals surface area (Å²) in [6.45, 7) is 0.645. The largest absolute Gasteiger partial charge is 0.468 e. The van der Waals surface area contributed by atoms with E-state index in [-0.39, 0.29) is 12.3 Å². The predicted octanol–water partition coefficient (Wildman–Crippen LogP) is 1.36. The molecule has 0 spiro atoms. The molecule has 2 saturated heterocycles. The number of benzene rings is 1. The van der Waals surface area contributed by atoms with Gasteiger partial charge in [-0.15, -0.1) is 0 Å². The number of halogens is 1. The van der Waals surface area contributed by atoms with Gasteiger partial charge in [-0.25, -0.2) is 13.8 Å². The van der Waals surface area contributed by atoms with Gasteiger partial charge in [-0.2, -0.15) is 4.67 Å². The minimum absolute atomic E-state index is 0.203. The molecular weight excluding hydrogens is 500 g/mol. The summed E-state index contributed by atoms with van der Waals surface area (Å²) in [5.74, 6) is -0.406. The van der Waals surface area contributed by atoms with E-state index in [1.54, 1.807) is 30.3 Å². The molecule has 1 aromatic heterocycles. The lowest BCUT2D eigenvalue weighted by Gasteiger charge is -2.31. The average Bonchev–Trinajstić information content (AvgIpc) is 3.43. The van der Waals surface area contributed by atoms with Crippen molar-refractivity contribution in [2.75, 3.05) is 20.3 Å². The van der Waals surface area contributed by atoms with Gasteiger partial charge in [0.25, 0.3) is 5.56 Å². The van der Waals surface area contributed by atoms with E-state index in [9.17, 15) is 24.1 Å². The first-order valence-corrected chi connectivity index (χ1v) is 12.7. The summed E-state index contributed by atoms with van der Waals surface area (Å²) in [5, 5.41) is 10.6. The maximum Gasteiger partial charge on any atom is 0.462 e. The van der Waals surface area contributed by atoms with Crippen molar-refractivity contribution in [2.24, 2.45) is 0 Å². The number of methoxy groups -OCH3 is 1. The van der Waals surface area contributed by atoms with Gasteiger partial charge < -0.3 is 19.1 Å². The van der Waals surface area contributed by atoms with Crippen molar-refractivity contribution in [3.8, 4) is 5.75 Å². The van der Waals surface area contributed by atoms with E-state index >= 15 is 4.39 Å². The number of carbonyl (C=O) groups is 1. The lowest BCUT2D eigenvalue weighted by atomic mass is 9.98. The normalized spacial score (nSPS) is 30.1. The van der Waals surface area contributed by atoms with Gasteiger partial charge in [0, 0.05) is 18.8 Å². The number of ether oxygens (including phenoxy) is 2. The second-order valence-electron chi connectivity index (χ2n) is 8.65. The van der Waals surface area contributed by atoms with Crippen LogP contribution in [-0.4, -0.2) is 69.5 Å². The summed E-state index contributed by atoms with van der Waals surface area (Å²) >= 11 is 0. The Morgan fingerprint density at radius 1 is 1.31 bits per heavy atom. The smallest absolute Gasteiger partial charge is 0.462 e. The summed E-state index contributed by atoms with van der Waals surface area (Å²) in [7, 11) is -3.02. The Bertz CT molecular complexity index is 1250. The number of para-hydroxylation sites is 1. The first-order chi connectivity index (χ1) is 17.1. The van der Waals surface area contributed by atoms with Gasteiger partial charge in [-0.1, -0.05) is 18.2 Å². The Labute approximate surface area is 205 Å². The number of aliphatic hydroxyl groups excluding tert-OH is 1. The Morgan fingerprint density at radius 2 is 2.03 bits per heavy atom. The molecule has 1 aromatic carbocycles. The number of carbonyl (C=O) groups excluding carboxylic acids is 1. The zero-order valence-electron chi connectivity index (χ0n) is 19.6. The number of hydrogen-bond acceptors (Lipinski definition) is 9. The van der Waals surface area contributed by atoms with Gasteiger partial charge in [0.05, 0.1) is 13.7 Å². The second kappa shape index (κ2) is 10.3. The van der Waals surface area contributed by atoms with E-state index in [4.69, 9.17) is 18.5 Å². The molecule has 2 aromatic rings. The fourth-order valence-electron chi connectivity index (χ4n) is 4.32. The first-order valence-electron chi connectivity index (χ1n) is 11.2. The van der Waals surface area contributed by atoms with E-state index in [1.165, 1.54) is 11.8 Å². The number of nitrogens with zero attached hydrogens (tertiary/aromatic N) is 2.